The van der Waals surface area contributed by atoms with Gasteiger partial charge in [-0.3, -0.25) is 14.9 Å². The Balaban J connectivity index is 3.52. The van der Waals surface area contributed by atoms with Crippen LogP contribution in [0.15, 0.2) is 12.1 Å². The van der Waals surface area contributed by atoms with Crippen molar-refractivity contribution in [2.45, 2.75) is 13.3 Å². The predicted molar refractivity (Wildman–Crippen MR) is 49.7 cm³/mol. The minimum absolute atomic E-state index is 0.540. The molecule has 0 aliphatic heterocycles. The van der Waals surface area contributed by atoms with Gasteiger partial charge in [0.1, 0.15) is 5.75 Å². The molecule has 5 nitrogen and oxygen atoms in total. The first-order valence-electron chi connectivity index (χ1n) is 4.15. The van der Waals surface area contributed by atoms with E-state index in [2.05, 4.69) is 0 Å². The summed E-state index contributed by atoms with van der Waals surface area (Å²) < 4.78 is 25.0. The Morgan fingerprint density at radius 1 is 1.50 bits per heavy atom. The largest absolute Gasteiger partial charge is 0.507 e. The van der Waals surface area contributed by atoms with Crippen molar-refractivity contribution >= 4 is 11.5 Å². The first-order chi connectivity index (χ1) is 7.34. The zero-order valence-electron chi connectivity index (χ0n) is 8.11. The Bertz CT molecular complexity index is 459. The average Bonchev–Trinajstić information content (AvgIpc) is 2.15. The molecule has 0 saturated heterocycles. The monoisotopic (exact) mass is 231 g/mol. The van der Waals surface area contributed by atoms with E-state index in [-0.39, 0.29) is 0 Å². The SMILES string of the molecule is CC(=O)c1cc([N+](=O)[O-])cc(O)c1C(F)F. The van der Waals surface area contributed by atoms with Gasteiger partial charge in [0.25, 0.3) is 12.1 Å². The van der Waals surface area contributed by atoms with Crippen LogP contribution in [0.4, 0.5) is 14.5 Å². The molecule has 0 bridgehead atoms. The van der Waals surface area contributed by atoms with Crippen LogP contribution in [-0.4, -0.2) is 15.8 Å². The number of hydrogen-bond donors (Lipinski definition) is 1. The Morgan fingerprint density at radius 3 is 2.44 bits per heavy atom. The number of carbonyl (C=O) groups excluding carboxylic acids is 1. The molecule has 1 aromatic rings. The molecule has 0 aromatic heterocycles. The van der Waals surface area contributed by atoms with Gasteiger partial charge in [-0.2, -0.15) is 0 Å². The van der Waals surface area contributed by atoms with Crippen LogP contribution in [0.3, 0.4) is 0 Å². The van der Waals surface area contributed by atoms with E-state index in [1.807, 2.05) is 0 Å². The zero-order chi connectivity index (χ0) is 12.5. The number of rotatable bonds is 3. The molecule has 0 aliphatic rings. The summed E-state index contributed by atoms with van der Waals surface area (Å²) in [6.45, 7) is 0.990. The van der Waals surface area contributed by atoms with Gasteiger partial charge in [0.2, 0.25) is 0 Å². The fourth-order valence-electron chi connectivity index (χ4n) is 1.25. The second-order valence-corrected chi connectivity index (χ2v) is 3.04. The number of Topliss-reactive ketones (excluding diaryl/α,β-unsaturated/α-hetero) is 1. The molecule has 0 heterocycles. The summed E-state index contributed by atoms with van der Waals surface area (Å²) in [4.78, 5) is 20.6. The molecule has 1 rings (SSSR count). The topological polar surface area (TPSA) is 80.4 Å². The van der Waals surface area contributed by atoms with Crippen LogP contribution in [0.25, 0.3) is 0 Å². The molecule has 1 N–H and O–H groups in total. The minimum Gasteiger partial charge on any atom is -0.507 e. The summed E-state index contributed by atoms with van der Waals surface area (Å²) in [5.74, 6) is -1.72. The molecule has 0 atom stereocenters. The standard InChI is InChI=1S/C9H7F2NO4/c1-4(13)6-2-5(12(15)16)3-7(14)8(6)9(10)11/h2-3,9,14H,1H3. The highest BCUT2D eigenvalue weighted by Crippen LogP contribution is 2.35. The van der Waals surface area contributed by atoms with Crippen molar-refractivity contribution in [2.75, 3.05) is 0 Å². The number of hydrogen-bond acceptors (Lipinski definition) is 4. The van der Waals surface area contributed by atoms with Gasteiger partial charge in [-0.1, -0.05) is 0 Å². The molecule has 0 amide bonds. The quantitative estimate of drug-likeness (QED) is 0.492. The molecule has 7 heteroatoms. The number of phenolic OH excluding ortho intramolecular Hbond substituents is 1. The van der Waals surface area contributed by atoms with Crippen molar-refractivity contribution < 1.29 is 23.6 Å². The molecule has 0 radical (unpaired) electrons. The number of carbonyl (C=O) groups is 1. The average molecular weight is 231 g/mol. The van der Waals surface area contributed by atoms with Crippen LogP contribution in [0, 0.1) is 10.1 Å². The molecular formula is C9H7F2NO4. The van der Waals surface area contributed by atoms with Gasteiger partial charge >= 0.3 is 0 Å². The summed E-state index contributed by atoms with van der Waals surface area (Å²) in [6.07, 6.45) is -3.07. The summed E-state index contributed by atoms with van der Waals surface area (Å²) in [5, 5.41) is 19.6. The first kappa shape index (κ1) is 12.0. The summed E-state index contributed by atoms with van der Waals surface area (Å²) >= 11 is 0. The van der Waals surface area contributed by atoms with E-state index in [4.69, 9.17) is 0 Å². The Morgan fingerprint density at radius 2 is 2.06 bits per heavy atom. The van der Waals surface area contributed by atoms with Crippen LogP contribution in [0.5, 0.6) is 5.75 Å². The predicted octanol–water partition coefficient (Wildman–Crippen LogP) is 2.44. The van der Waals surface area contributed by atoms with Crippen LogP contribution in [-0.2, 0) is 0 Å². The van der Waals surface area contributed by atoms with Crippen LogP contribution in [0.2, 0.25) is 0 Å². The van der Waals surface area contributed by atoms with E-state index in [1.54, 1.807) is 0 Å². The number of halogens is 2. The number of aromatic hydroxyl groups is 1. The fourth-order valence-corrected chi connectivity index (χ4v) is 1.25. The lowest BCUT2D eigenvalue weighted by Crippen LogP contribution is -2.02. The first-order valence-corrected chi connectivity index (χ1v) is 4.15. The van der Waals surface area contributed by atoms with Gasteiger partial charge in [-0.25, -0.2) is 8.78 Å². The highest BCUT2D eigenvalue weighted by Gasteiger charge is 2.24. The summed E-state index contributed by atoms with van der Waals surface area (Å²) in [7, 11) is 0. The molecule has 0 saturated carbocycles. The number of nitrogens with zero attached hydrogens (tertiary/aromatic N) is 1. The van der Waals surface area contributed by atoms with Gasteiger partial charge in [0.15, 0.2) is 5.78 Å². The number of alkyl halides is 2. The number of benzene rings is 1. The normalized spacial score (nSPS) is 10.5. The Kier molecular flexibility index (Phi) is 3.17. The summed E-state index contributed by atoms with van der Waals surface area (Å²) in [6, 6.07) is 1.32. The van der Waals surface area contributed by atoms with E-state index < -0.39 is 39.7 Å². The molecule has 16 heavy (non-hydrogen) atoms. The minimum atomic E-state index is -3.07. The number of nitro benzene ring substituents is 1. The third kappa shape index (κ3) is 2.13. The lowest BCUT2D eigenvalue weighted by Gasteiger charge is -2.08. The van der Waals surface area contributed by atoms with Crippen molar-refractivity contribution in [1.29, 1.82) is 0 Å². The van der Waals surface area contributed by atoms with Gasteiger partial charge < -0.3 is 5.11 Å². The number of ketones is 1. The van der Waals surface area contributed by atoms with Gasteiger partial charge in [0.05, 0.1) is 16.6 Å². The molecule has 1 aromatic carbocycles. The Hall–Kier alpha value is -2.05. The van der Waals surface area contributed by atoms with Crippen LogP contribution in [0.1, 0.15) is 29.3 Å². The molecule has 86 valence electrons. The van der Waals surface area contributed by atoms with Crippen LogP contribution >= 0.6 is 0 Å². The molecule has 0 unspecified atom stereocenters. The lowest BCUT2D eigenvalue weighted by molar-refractivity contribution is -0.385. The van der Waals surface area contributed by atoms with Gasteiger partial charge in [0, 0.05) is 11.6 Å². The maximum absolute atomic E-state index is 12.5. The second-order valence-electron chi connectivity index (χ2n) is 3.04. The van der Waals surface area contributed by atoms with Crippen molar-refractivity contribution in [3.63, 3.8) is 0 Å². The highest BCUT2D eigenvalue weighted by molar-refractivity contribution is 5.97. The molecule has 0 aliphatic carbocycles. The zero-order valence-corrected chi connectivity index (χ0v) is 8.11. The third-order valence-corrected chi connectivity index (χ3v) is 1.95. The number of non-ortho nitro benzene ring substituents is 1. The van der Waals surface area contributed by atoms with Crippen molar-refractivity contribution in [3.05, 3.63) is 33.4 Å². The second kappa shape index (κ2) is 4.21. The fraction of sp³-hybridized carbons (Fsp3) is 0.222. The van der Waals surface area contributed by atoms with E-state index in [9.17, 15) is 28.8 Å². The maximum Gasteiger partial charge on any atom is 0.273 e. The van der Waals surface area contributed by atoms with Gasteiger partial charge in [-0.15, -0.1) is 0 Å². The number of phenols is 1. The highest BCUT2D eigenvalue weighted by atomic mass is 19.3. The van der Waals surface area contributed by atoms with E-state index in [0.717, 1.165) is 13.0 Å². The van der Waals surface area contributed by atoms with E-state index >= 15 is 0 Å². The van der Waals surface area contributed by atoms with Crippen molar-refractivity contribution in [2.24, 2.45) is 0 Å². The molecule has 0 spiro atoms. The molecule has 0 fully saturated rings. The summed E-state index contributed by atoms with van der Waals surface area (Å²) in [5.41, 5.74) is -2.02. The lowest BCUT2D eigenvalue weighted by atomic mass is 10.0. The smallest absolute Gasteiger partial charge is 0.273 e. The van der Waals surface area contributed by atoms with E-state index in [0.29, 0.717) is 6.07 Å². The van der Waals surface area contributed by atoms with Crippen LogP contribution < -0.4 is 0 Å². The van der Waals surface area contributed by atoms with Crippen molar-refractivity contribution in [3.8, 4) is 5.75 Å². The van der Waals surface area contributed by atoms with E-state index in [1.165, 1.54) is 0 Å². The maximum atomic E-state index is 12.5. The van der Waals surface area contributed by atoms with Gasteiger partial charge in [-0.05, 0) is 6.92 Å². The molecular weight excluding hydrogens is 224 g/mol. The third-order valence-electron chi connectivity index (χ3n) is 1.95. The van der Waals surface area contributed by atoms with Crippen molar-refractivity contribution in [1.82, 2.24) is 0 Å². The number of nitro groups is 1. The Labute approximate surface area is 88.5 Å².